The molecule has 0 radical (unpaired) electrons. The van der Waals surface area contributed by atoms with Gasteiger partial charge in [0.2, 0.25) is 0 Å². The van der Waals surface area contributed by atoms with Crippen molar-refractivity contribution in [2.45, 2.75) is 40.2 Å². The Morgan fingerprint density at radius 1 is 1.06 bits per heavy atom. The number of benzene rings is 2. The lowest BCUT2D eigenvalue weighted by Crippen LogP contribution is -2.30. The summed E-state index contributed by atoms with van der Waals surface area (Å²) in [5.41, 5.74) is 7.77. The standard InChI is InChI=1S/C26H35N3O2/c1-6-29(7-2)12-13-31-22-9-8-19(16-23(22)30-5)25-26-20(10-11-27-25)21-15-17(3)14-18(4)24(21)28-26/h8-9,14-16,25,27-28H,6-7,10-13H2,1-5H3. The van der Waals surface area contributed by atoms with Gasteiger partial charge in [0.15, 0.2) is 11.5 Å². The van der Waals surface area contributed by atoms with E-state index in [0.29, 0.717) is 6.61 Å². The third-order valence-corrected chi connectivity index (χ3v) is 6.48. The third kappa shape index (κ3) is 4.30. The van der Waals surface area contributed by atoms with Crippen molar-refractivity contribution in [1.29, 1.82) is 0 Å². The molecule has 1 atom stereocenters. The van der Waals surface area contributed by atoms with E-state index >= 15 is 0 Å². The normalized spacial score (nSPS) is 16.0. The molecule has 1 aromatic heterocycles. The van der Waals surface area contributed by atoms with E-state index in [-0.39, 0.29) is 6.04 Å². The summed E-state index contributed by atoms with van der Waals surface area (Å²) >= 11 is 0. The minimum absolute atomic E-state index is 0.120. The summed E-state index contributed by atoms with van der Waals surface area (Å²) in [6, 6.07) is 11.0. The van der Waals surface area contributed by atoms with E-state index < -0.39 is 0 Å². The molecule has 5 nitrogen and oxygen atoms in total. The van der Waals surface area contributed by atoms with Crippen LogP contribution in [0.5, 0.6) is 11.5 Å². The molecule has 5 heteroatoms. The molecular weight excluding hydrogens is 386 g/mol. The van der Waals surface area contributed by atoms with Gasteiger partial charge >= 0.3 is 0 Å². The number of aromatic nitrogens is 1. The molecule has 1 unspecified atom stereocenters. The number of fused-ring (bicyclic) bond motifs is 3. The van der Waals surface area contributed by atoms with Crippen molar-refractivity contribution in [3.63, 3.8) is 0 Å². The predicted molar refractivity (Wildman–Crippen MR) is 128 cm³/mol. The third-order valence-electron chi connectivity index (χ3n) is 6.48. The fourth-order valence-corrected chi connectivity index (χ4v) is 4.78. The second-order valence-electron chi connectivity index (χ2n) is 8.44. The summed E-state index contributed by atoms with van der Waals surface area (Å²) in [4.78, 5) is 6.09. The second-order valence-corrected chi connectivity index (χ2v) is 8.44. The Bertz CT molecular complexity index is 1050. The van der Waals surface area contributed by atoms with Gasteiger partial charge in [-0.05, 0) is 68.2 Å². The average molecular weight is 422 g/mol. The number of methoxy groups -OCH3 is 1. The van der Waals surface area contributed by atoms with Gasteiger partial charge in [0.05, 0.1) is 13.2 Å². The smallest absolute Gasteiger partial charge is 0.161 e. The van der Waals surface area contributed by atoms with Gasteiger partial charge in [-0.25, -0.2) is 0 Å². The molecule has 1 aliphatic rings. The minimum atomic E-state index is 0.120. The summed E-state index contributed by atoms with van der Waals surface area (Å²) in [6.07, 6.45) is 1.04. The van der Waals surface area contributed by atoms with E-state index in [1.165, 1.54) is 38.9 Å². The quantitative estimate of drug-likeness (QED) is 0.551. The SMILES string of the molecule is CCN(CC)CCOc1ccc(C2NCCc3c2[nH]c2c(C)cc(C)cc32)cc1OC. The summed E-state index contributed by atoms with van der Waals surface area (Å²) in [6.45, 7) is 13.3. The molecule has 0 amide bonds. The van der Waals surface area contributed by atoms with Crippen molar-refractivity contribution in [2.24, 2.45) is 0 Å². The molecule has 2 aromatic carbocycles. The topological polar surface area (TPSA) is 49.5 Å². The first-order chi connectivity index (χ1) is 15.0. The van der Waals surface area contributed by atoms with Crippen LogP contribution in [0, 0.1) is 13.8 Å². The number of likely N-dealkylation sites (N-methyl/N-ethyl adjacent to an activating group) is 1. The predicted octanol–water partition coefficient (Wildman–Crippen LogP) is 4.75. The summed E-state index contributed by atoms with van der Waals surface area (Å²) in [5, 5.41) is 5.06. The van der Waals surface area contributed by atoms with E-state index in [0.717, 1.165) is 44.1 Å². The van der Waals surface area contributed by atoms with Crippen LogP contribution in [0.15, 0.2) is 30.3 Å². The largest absolute Gasteiger partial charge is 0.493 e. The highest BCUT2D eigenvalue weighted by molar-refractivity contribution is 5.88. The molecule has 0 saturated carbocycles. The summed E-state index contributed by atoms with van der Waals surface area (Å²) < 4.78 is 11.7. The van der Waals surface area contributed by atoms with Gasteiger partial charge in [0.1, 0.15) is 6.61 Å². The number of aryl methyl sites for hydroxylation is 2. The second kappa shape index (κ2) is 9.33. The lowest BCUT2D eigenvalue weighted by atomic mass is 9.93. The number of nitrogens with one attached hydrogen (secondary N) is 2. The number of H-pyrrole nitrogens is 1. The molecule has 1 aliphatic heterocycles. The first-order valence-electron chi connectivity index (χ1n) is 11.4. The highest BCUT2D eigenvalue weighted by Gasteiger charge is 2.26. The van der Waals surface area contributed by atoms with Crippen LogP contribution in [-0.2, 0) is 6.42 Å². The van der Waals surface area contributed by atoms with E-state index in [1.54, 1.807) is 7.11 Å². The summed E-state index contributed by atoms with van der Waals surface area (Å²) in [5.74, 6) is 1.59. The van der Waals surface area contributed by atoms with Crippen molar-refractivity contribution in [2.75, 3.05) is 39.9 Å². The Balaban J connectivity index is 1.61. The first kappa shape index (κ1) is 21.7. The molecule has 31 heavy (non-hydrogen) atoms. The van der Waals surface area contributed by atoms with E-state index in [4.69, 9.17) is 9.47 Å². The average Bonchev–Trinajstić information content (AvgIpc) is 3.16. The fraction of sp³-hybridized carbons (Fsp3) is 0.462. The highest BCUT2D eigenvalue weighted by Crippen LogP contribution is 2.38. The lowest BCUT2D eigenvalue weighted by molar-refractivity contribution is 0.217. The molecule has 0 aliphatic carbocycles. The molecule has 0 fully saturated rings. The zero-order valence-corrected chi connectivity index (χ0v) is 19.5. The lowest BCUT2D eigenvalue weighted by Gasteiger charge is -2.25. The van der Waals surface area contributed by atoms with Crippen LogP contribution in [-0.4, -0.2) is 49.8 Å². The van der Waals surface area contributed by atoms with Crippen molar-refractivity contribution >= 4 is 10.9 Å². The van der Waals surface area contributed by atoms with Crippen LogP contribution in [0.4, 0.5) is 0 Å². The maximum absolute atomic E-state index is 6.06. The minimum Gasteiger partial charge on any atom is -0.493 e. The van der Waals surface area contributed by atoms with E-state index in [9.17, 15) is 0 Å². The molecule has 0 spiro atoms. The first-order valence-corrected chi connectivity index (χ1v) is 11.4. The van der Waals surface area contributed by atoms with Crippen LogP contribution >= 0.6 is 0 Å². The van der Waals surface area contributed by atoms with Crippen LogP contribution in [0.25, 0.3) is 10.9 Å². The van der Waals surface area contributed by atoms with Crippen LogP contribution in [0.2, 0.25) is 0 Å². The molecular formula is C26H35N3O2. The molecule has 4 rings (SSSR count). The monoisotopic (exact) mass is 421 g/mol. The van der Waals surface area contributed by atoms with Gasteiger partial charge in [-0.2, -0.15) is 0 Å². The zero-order chi connectivity index (χ0) is 22.0. The Kier molecular flexibility index (Phi) is 6.54. The van der Waals surface area contributed by atoms with Gasteiger partial charge in [0.25, 0.3) is 0 Å². The van der Waals surface area contributed by atoms with Gasteiger partial charge in [0, 0.05) is 29.7 Å². The Morgan fingerprint density at radius 2 is 1.87 bits per heavy atom. The maximum Gasteiger partial charge on any atom is 0.161 e. The molecule has 3 aromatic rings. The van der Waals surface area contributed by atoms with Gasteiger partial charge < -0.3 is 24.7 Å². The van der Waals surface area contributed by atoms with Crippen LogP contribution in [0.1, 0.15) is 47.8 Å². The maximum atomic E-state index is 6.06. The van der Waals surface area contributed by atoms with Gasteiger partial charge in [-0.1, -0.05) is 31.5 Å². The Hall–Kier alpha value is -2.50. The van der Waals surface area contributed by atoms with E-state index in [2.05, 4.69) is 67.2 Å². The fourth-order valence-electron chi connectivity index (χ4n) is 4.78. The number of hydrogen-bond acceptors (Lipinski definition) is 4. The highest BCUT2D eigenvalue weighted by atomic mass is 16.5. The molecule has 2 N–H and O–H groups in total. The van der Waals surface area contributed by atoms with Crippen LogP contribution < -0.4 is 14.8 Å². The number of rotatable bonds is 8. The molecule has 166 valence electrons. The number of ether oxygens (including phenoxy) is 2. The van der Waals surface area contributed by atoms with Crippen LogP contribution in [0.3, 0.4) is 0 Å². The molecule has 0 bridgehead atoms. The Labute approximate surface area is 185 Å². The molecule has 2 heterocycles. The Morgan fingerprint density at radius 3 is 2.61 bits per heavy atom. The number of hydrogen-bond donors (Lipinski definition) is 2. The summed E-state index contributed by atoms with van der Waals surface area (Å²) in [7, 11) is 1.71. The van der Waals surface area contributed by atoms with Crippen molar-refractivity contribution in [3.8, 4) is 11.5 Å². The van der Waals surface area contributed by atoms with Crippen molar-refractivity contribution < 1.29 is 9.47 Å². The van der Waals surface area contributed by atoms with Crippen molar-refractivity contribution in [3.05, 3.63) is 58.3 Å². The van der Waals surface area contributed by atoms with Gasteiger partial charge in [-0.3, -0.25) is 0 Å². The number of aromatic amines is 1. The van der Waals surface area contributed by atoms with Crippen molar-refractivity contribution in [1.82, 2.24) is 15.2 Å². The van der Waals surface area contributed by atoms with E-state index in [1.807, 2.05) is 6.07 Å². The van der Waals surface area contributed by atoms with Gasteiger partial charge in [-0.15, -0.1) is 0 Å². The number of nitrogens with zero attached hydrogens (tertiary/aromatic N) is 1. The molecule has 0 saturated heterocycles. The zero-order valence-electron chi connectivity index (χ0n) is 19.5.